The Morgan fingerprint density at radius 2 is 0.561 bits per heavy atom. The van der Waals surface area contributed by atoms with Crippen molar-refractivity contribution in [2.45, 2.75) is 412 Å². The number of fused-ring (bicyclic) bond motifs is 6. The van der Waals surface area contributed by atoms with Gasteiger partial charge in [0.25, 0.3) is 0 Å². The monoisotopic (exact) mass is 1130 g/mol. The first-order valence-corrected chi connectivity index (χ1v) is 39.5. The highest BCUT2D eigenvalue weighted by molar-refractivity contribution is 5.11. The molecule has 15 rings (SSSR count). The fourth-order valence-electron chi connectivity index (χ4n) is 27.0. The molecule has 1 N–H and O–H groups in total. The second kappa shape index (κ2) is 27.1. The molecule has 0 aromatic rings. The van der Waals surface area contributed by atoms with E-state index in [9.17, 15) is 0 Å². The number of hydrogen-bond donors (Lipinski definition) is 1. The van der Waals surface area contributed by atoms with Gasteiger partial charge < -0.3 is 5.32 Å². The van der Waals surface area contributed by atoms with Crippen molar-refractivity contribution in [3.8, 4) is 0 Å². The van der Waals surface area contributed by atoms with E-state index in [0.29, 0.717) is 0 Å². The number of nitrogens with one attached hydrogen (secondary N) is 1. The van der Waals surface area contributed by atoms with Gasteiger partial charge in [-0.2, -0.15) is 0 Å². The summed E-state index contributed by atoms with van der Waals surface area (Å²) in [5.41, 5.74) is 0. The van der Waals surface area contributed by atoms with Crippen LogP contribution in [0.2, 0.25) is 0 Å². The quantitative estimate of drug-likeness (QED) is 0.210. The van der Waals surface area contributed by atoms with Crippen molar-refractivity contribution in [1.29, 1.82) is 0 Å². The molecule has 3 heterocycles. The van der Waals surface area contributed by atoms with E-state index in [0.717, 1.165) is 144 Å². The summed E-state index contributed by atoms with van der Waals surface area (Å²) in [7, 11) is 0. The van der Waals surface area contributed by atoms with Crippen molar-refractivity contribution in [2.24, 2.45) is 65.1 Å². The highest BCUT2D eigenvalue weighted by Gasteiger charge is 2.57. The van der Waals surface area contributed by atoms with Crippen LogP contribution in [0.25, 0.3) is 0 Å². The van der Waals surface area contributed by atoms with Crippen LogP contribution in [0.5, 0.6) is 0 Å². The Morgan fingerprint density at radius 1 is 0.220 bits per heavy atom. The molecule has 0 bridgehead atoms. The van der Waals surface area contributed by atoms with Gasteiger partial charge in [0.1, 0.15) is 0 Å². The first kappa shape index (κ1) is 58.2. The van der Waals surface area contributed by atoms with Crippen molar-refractivity contribution in [2.75, 3.05) is 6.54 Å². The molecule has 82 heavy (non-hydrogen) atoms. The third-order valence-electron chi connectivity index (χ3n) is 30.5. The summed E-state index contributed by atoms with van der Waals surface area (Å²) < 4.78 is 0. The Kier molecular flexibility index (Phi) is 19.2. The molecule has 14 atom stereocenters. The van der Waals surface area contributed by atoms with Gasteiger partial charge in [0.15, 0.2) is 0 Å². The topological polar surface area (TPSA) is 25.0 Å². The Balaban J connectivity index is 0.611. The summed E-state index contributed by atoms with van der Waals surface area (Å²) in [5.74, 6) is 11.1. The second-order valence-electron chi connectivity index (χ2n) is 34.3. The Morgan fingerprint density at radius 3 is 0.951 bits per heavy atom. The first-order chi connectivity index (χ1) is 40.7. The van der Waals surface area contributed by atoms with Gasteiger partial charge in [-0.15, -0.1) is 0 Å². The predicted octanol–water partition coefficient (Wildman–Crippen LogP) is 18.8. The summed E-state index contributed by atoms with van der Waals surface area (Å²) in [6.07, 6.45) is 79.9. The molecule has 464 valence electrons. The van der Waals surface area contributed by atoms with Gasteiger partial charge in [-0.1, -0.05) is 122 Å². The van der Waals surface area contributed by atoms with Gasteiger partial charge in [0.2, 0.25) is 0 Å². The van der Waals surface area contributed by atoms with Gasteiger partial charge in [-0.25, -0.2) is 0 Å². The number of piperidine rings is 1. The molecule has 14 unspecified atom stereocenters. The normalized spacial score (nSPS) is 46.1. The lowest BCUT2D eigenvalue weighted by Crippen LogP contribution is -2.55. The molecule has 15 aliphatic rings. The highest BCUT2D eigenvalue weighted by Crippen LogP contribution is 2.58. The van der Waals surface area contributed by atoms with Crippen LogP contribution >= 0.6 is 0 Å². The molecule has 5 nitrogen and oxygen atoms in total. The van der Waals surface area contributed by atoms with Crippen molar-refractivity contribution in [3.63, 3.8) is 0 Å². The minimum Gasteiger partial charge on any atom is -0.313 e. The first-order valence-electron chi connectivity index (χ1n) is 39.5. The van der Waals surface area contributed by atoms with Gasteiger partial charge in [0.05, 0.1) is 0 Å². The number of likely N-dealkylation sites (tertiary alicyclic amines) is 2. The Bertz CT molecular complexity index is 1780. The zero-order valence-corrected chi connectivity index (χ0v) is 53.6. The molecule has 5 heteroatoms. The highest BCUT2D eigenvalue weighted by atomic mass is 15.3. The predicted molar refractivity (Wildman–Crippen MR) is 343 cm³/mol. The molecule has 12 saturated carbocycles. The number of hydrogen-bond acceptors (Lipinski definition) is 5. The lowest BCUT2D eigenvalue weighted by Gasteiger charge is -2.51. The van der Waals surface area contributed by atoms with E-state index in [1.165, 1.54) is 212 Å². The van der Waals surface area contributed by atoms with Gasteiger partial charge in [0, 0.05) is 78.5 Å². The van der Waals surface area contributed by atoms with Crippen LogP contribution in [-0.4, -0.2) is 105 Å². The molecular weight excluding hydrogens is 995 g/mol. The van der Waals surface area contributed by atoms with Crippen LogP contribution in [0, 0.1) is 65.1 Å². The van der Waals surface area contributed by atoms with Gasteiger partial charge in [-0.3, -0.25) is 19.6 Å². The maximum absolute atomic E-state index is 4.36. The van der Waals surface area contributed by atoms with E-state index in [-0.39, 0.29) is 0 Å². The third-order valence-corrected chi connectivity index (χ3v) is 30.5. The van der Waals surface area contributed by atoms with Crippen molar-refractivity contribution in [3.05, 3.63) is 0 Å². The van der Waals surface area contributed by atoms with Crippen molar-refractivity contribution in [1.82, 2.24) is 24.9 Å². The standard InChI is InChI=1S/C77H131N5/c1-6-20-56(21-7-1)73-45-38-57(53-78-73)60-49-58(54-34-39-65(40-35-54)81-74-32-18-16-30-69(74)71-51-67(43-46-76(71)81)79(61-22-8-2-9-23-61)62-24-10-3-11-25-62)48-59(50-60)55-36-41-66(42-37-55)82-75-33-19-17-31-70(75)72-52-68(44-47-77(72)82)80(63-26-12-4-13-27-63)64-28-14-5-15-29-64/h54-78H,1-53H2. The maximum atomic E-state index is 4.36. The molecular formula is C77H131N5. The van der Waals surface area contributed by atoms with E-state index < -0.39 is 0 Å². The average Bonchev–Trinajstić information content (AvgIpc) is 3.89. The van der Waals surface area contributed by atoms with Crippen LogP contribution in [0.4, 0.5) is 0 Å². The minimum atomic E-state index is 0.839. The van der Waals surface area contributed by atoms with Crippen molar-refractivity contribution < 1.29 is 0 Å². The largest absolute Gasteiger partial charge is 0.313 e. The second-order valence-corrected chi connectivity index (χ2v) is 34.3. The van der Waals surface area contributed by atoms with E-state index in [1.807, 2.05) is 0 Å². The SMILES string of the molecule is C1CCC(C2CCC(C3CC(C4CCC(N5C6CCCCC6C6CC(N(C7CCCCC7)C7CCCCC7)CCC65)CC4)CC(C4CCC(N5C6CCCCC6C6CC(N(C7CCCCC7)C7CCCCC7)CCC65)CC4)C3)CN2)CC1. The number of rotatable bonds is 12. The minimum absolute atomic E-state index is 0.839. The Labute approximate surface area is 506 Å². The van der Waals surface area contributed by atoms with Crippen molar-refractivity contribution >= 4 is 0 Å². The molecule has 0 amide bonds. The molecule has 3 saturated heterocycles. The summed E-state index contributed by atoms with van der Waals surface area (Å²) in [6.45, 7) is 1.37. The molecule has 0 aromatic heterocycles. The fourth-order valence-corrected chi connectivity index (χ4v) is 27.0. The zero-order chi connectivity index (χ0) is 54.3. The van der Waals surface area contributed by atoms with Gasteiger partial charge >= 0.3 is 0 Å². The maximum Gasteiger partial charge on any atom is 0.0134 e. The average molecular weight is 1130 g/mol. The molecule has 12 aliphatic carbocycles. The van der Waals surface area contributed by atoms with Crippen LogP contribution in [0.1, 0.15) is 334 Å². The van der Waals surface area contributed by atoms with E-state index in [1.54, 1.807) is 128 Å². The van der Waals surface area contributed by atoms with E-state index in [2.05, 4.69) is 24.9 Å². The Hall–Kier alpha value is -0.200. The van der Waals surface area contributed by atoms with E-state index in [4.69, 9.17) is 0 Å². The summed E-state index contributed by atoms with van der Waals surface area (Å²) in [4.78, 5) is 13.4. The molecule has 15 fully saturated rings. The third kappa shape index (κ3) is 12.2. The van der Waals surface area contributed by atoms with Gasteiger partial charge in [-0.05, 0) is 284 Å². The lowest BCUT2D eigenvalue weighted by molar-refractivity contribution is -0.0143. The summed E-state index contributed by atoms with van der Waals surface area (Å²) in [6, 6.07) is 11.8. The summed E-state index contributed by atoms with van der Waals surface area (Å²) >= 11 is 0. The molecule has 0 radical (unpaired) electrons. The van der Waals surface area contributed by atoms with Crippen LogP contribution < -0.4 is 5.32 Å². The molecule has 0 aromatic carbocycles. The van der Waals surface area contributed by atoms with E-state index >= 15 is 0 Å². The zero-order valence-electron chi connectivity index (χ0n) is 53.6. The summed E-state index contributed by atoms with van der Waals surface area (Å²) in [5, 5.41) is 4.36. The van der Waals surface area contributed by atoms with Crippen LogP contribution in [0.3, 0.4) is 0 Å². The molecule has 3 aliphatic heterocycles. The van der Waals surface area contributed by atoms with Crippen LogP contribution in [0.15, 0.2) is 0 Å². The van der Waals surface area contributed by atoms with Crippen LogP contribution in [-0.2, 0) is 0 Å². The molecule has 0 spiro atoms. The number of nitrogens with zero attached hydrogens (tertiary/aromatic N) is 4. The smallest absolute Gasteiger partial charge is 0.0134 e. The fraction of sp³-hybridized carbons (Fsp3) is 1.00. The lowest BCUT2D eigenvalue weighted by atomic mass is 9.59.